The first-order valence-corrected chi connectivity index (χ1v) is 3.57. The standard InChI is InChI=1S/C5H7N3OS/c1-3-7-8-5(10-3)2-4(6)9/h2H2,1H3,(H2,6,9). The lowest BCUT2D eigenvalue weighted by Gasteiger charge is -1.84. The van der Waals surface area contributed by atoms with Crippen molar-refractivity contribution in [1.82, 2.24) is 10.2 Å². The Bertz CT molecular complexity index is 245. The molecule has 1 aromatic rings. The number of aromatic nitrogens is 2. The molecule has 0 aliphatic rings. The van der Waals surface area contributed by atoms with Gasteiger partial charge in [-0.2, -0.15) is 0 Å². The van der Waals surface area contributed by atoms with Crippen molar-refractivity contribution in [3.63, 3.8) is 0 Å². The Morgan fingerprint density at radius 3 is 2.80 bits per heavy atom. The monoisotopic (exact) mass is 157 g/mol. The van der Waals surface area contributed by atoms with Gasteiger partial charge in [0.15, 0.2) is 0 Å². The second-order valence-corrected chi connectivity index (χ2v) is 3.12. The minimum Gasteiger partial charge on any atom is -0.369 e. The van der Waals surface area contributed by atoms with Gasteiger partial charge in [-0.05, 0) is 6.92 Å². The summed E-state index contributed by atoms with van der Waals surface area (Å²) >= 11 is 1.39. The van der Waals surface area contributed by atoms with Crippen LogP contribution in [0, 0.1) is 6.92 Å². The Morgan fingerprint density at radius 2 is 2.40 bits per heavy atom. The third-order valence-corrected chi connectivity index (χ3v) is 1.73. The highest BCUT2D eigenvalue weighted by Crippen LogP contribution is 2.07. The van der Waals surface area contributed by atoms with Crippen LogP contribution in [-0.4, -0.2) is 16.1 Å². The molecule has 1 heterocycles. The summed E-state index contributed by atoms with van der Waals surface area (Å²) in [5, 5.41) is 9.00. The lowest BCUT2D eigenvalue weighted by Crippen LogP contribution is -2.13. The molecule has 10 heavy (non-hydrogen) atoms. The number of carbonyl (C=O) groups excluding carboxylic acids is 1. The van der Waals surface area contributed by atoms with Crippen molar-refractivity contribution >= 4 is 17.2 Å². The molecule has 0 saturated heterocycles. The Hall–Kier alpha value is -0.970. The number of amides is 1. The normalized spacial score (nSPS) is 9.70. The second kappa shape index (κ2) is 2.74. The Balaban J connectivity index is 2.67. The highest BCUT2D eigenvalue weighted by molar-refractivity contribution is 7.11. The number of nitrogens with zero attached hydrogens (tertiary/aromatic N) is 2. The summed E-state index contributed by atoms with van der Waals surface area (Å²) in [6, 6.07) is 0. The molecule has 0 unspecified atom stereocenters. The van der Waals surface area contributed by atoms with Crippen LogP contribution in [0.1, 0.15) is 10.0 Å². The van der Waals surface area contributed by atoms with Crippen molar-refractivity contribution in [2.45, 2.75) is 13.3 Å². The zero-order valence-electron chi connectivity index (χ0n) is 5.50. The van der Waals surface area contributed by atoms with Gasteiger partial charge in [-0.15, -0.1) is 21.5 Å². The smallest absolute Gasteiger partial charge is 0.224 e. The molecular formula is C5H7N3OS. The van der Waals surface area contributed by atoms with E-state index in [1.54, 1.807) is 0 Å². The molecule has 0 radical (unpaired) electrons. The molecule has 0 spiro atoms. The third kappa shape index (κ3) is 1.77. The van der Waals surface area contributed by atoms with Gasteiger partial charge in [0, 0.05) is 0 Å². The van der Waals surface area contributed by atoms with Gasteiger partial charge in [-0.25, -0.2) is 0 Å². The summed E-state index contributed by atoms with van der Waals surface area (Å²) in [5.41, 5.74) is 4.93. The Labute approximate surface area is 62.1 Å². The van der Waals surface area contributed by atoms with Crippen molar-refractivity contribution in [2.24, 2.45) is 5.73 Å². The molecule has 0 fully saturated rings. The molecule has 54 valence electrons. The van der Waals surface area contributed by atoms with E-state index in [2.05, 4.69) is 10.2 Å². The molecule has 0 atom stereocenters. The summed E-state index contributed by atoms with van der Waals surface area (Å²) < 4.78 is 0. The maximum Gasteiger partial charge on any atom is 0.224 e. The zero-order valence-corrected chi connectivity index (χ0v) is 6.31. The second-order valence-electron chi connectivity index (χ2n) is 1.86. The van der Waals surface area contributed by atoms with Crippen molar-refractivity contribution in [3.05, 3.63) is 10.0 Å². The minimum absolute atomic E-state index is 0.200. The quantitative estimate of drug-likeness (QED) is 0.650. The van der Waals surface area contributed by atoms with E-state index in [-0.39, 0.29) is 12.3 Å². The van der Waals surface area contributed by atoms with Crippen molar-refractivity contribution in [1.29, 1.82) is 0 Å². The fourth-order valence-corrected chi connectivity index (χ4v) is 1.28. The largest absolute Gasteiger partial charge is 0.369 e. The SMILES string of the molecule is Cc1nnc(CC(N)=O)s1. The first-order valence-electron chi connectivity index (χ1n) is 2.76. The lowest BCUT2D eigenvalue weighted by atomic mass is 10.4. The maximum atomic E-state index is 10.3. The number of carbonyl (C=O) groups is 1. The van der Waals surface area contributed by atoms with E-state index in [1.807, 2.05) is 6.92 Å². The van der Waals surface area contributed by atoms with Crippen LogP contribution in [0.4, 0.5) is 0 Å². The third-order valence-electron chi connectivity index (χ3n) is 0.893. The predicted octanol–water partition coefficient (Wildman–Crippen LogP) is -0.126. The first-order chi connectivity index (χ1) is 4.68. The fourth-order valence-electron chi connectivity index (χ4n) is 0.558. The molecule has 0 aliphatic carbocycles. The molecule has 1 aromatic heterocycles. The summed E-state index contributed by atoms with van der Waals surface area (Å²) in [7, 11) is 0. The van der Waals surface area contributed by atoms with Crippen molar-refractivity contribution in [2.75, 3.05) is 0 Å². The number of nitrogens with two attached hydrogens (primary N) is 1. The molecule has 0 aliphatic heterocycles. The van der Waals surface area contributed by atoms with E-state index < -0.39 is 0 Å². The summed E-state index contributed by atoms with van der Waals surface area (Å²) in [6.07, 6.45) is 0.200. The summed E-state index contributed by atoms with van der Waals surface area (Å²) in [6.45, 7) is 1.84. The molecule has 2 N–H and O–H groups in total. The molecule has 0 aromatic carbocycles. The molecule has 1 amide bonds. The van der Waals surface area contributed by atoms with E-state index in [0.29, 0.717) is 5.01 Å². The number of aryl methyl sites for hydroxylation is 1. The lowest BCUT2D eigenvalue weighted by molar-refractivity contribution is -0.117. The van der Waals surface area contributed by atoms with Gasteiger partial charge in [0.1, 0.15) is 10.0 Å². The molecule has 4 nitrogen and oxygen atoms in total. The molecular weight excluding hydrogens is 150 g/mol. The van der Waals surface area contributed by atoms with Gasteiger partial charge in [-0.1, -0.05) is 0 Å². The molecule has 5 heteroatoms. The van der Waals surface area contributed by atoms with Crippen LogP contribution >= 0.6 is 11.3 Å². The van der Waals surface area contributed by atoms with Gasteiger partial charge in [0.05, 0.1) is 6.42 Å². The molecule has 0 saturated carbocycles. The number of hydrogen-bond acceptors (Lipinski definition) is 4. The van der Waals surface area contributed by atoms with Gasteiger partial charge in [0.25, 0.3) is 0 Å². The van der Waals surface area contributed by atoms with Crippen LogP contribution < -0.4 is 5.73 Å². The topological polar surface area (TPSA) is 68.9 Å². The molecule has 0 bridgehead atoms. The number of rotatable bonds is 2. The highest BCUT2D eigenvalue weighted by Gasteiger charge is 2.02. The van der Waals surface area contributed by atoms with Crippen LogP contribution in [-0.2, 0) is 11.2 Å². The summed E-state index contributed by atoms with van der Waals surface area (Å²) in [4.78, 5) is 10.3. The van der Waals surface area contributed by atoms with Crippen LogP contribution in [0.2, 0.25) is 0 Å². The van der Waals surface area contributed by atoms with Gasteiger partial charge < -0.3 is 5.73 Å². The van der Waals surface area contributed by atoms with Gasteiger partial charge >= 0.3 is 0 Å². The summed E-state index contributed by atoms with van der Waals surface area (Å²) in [5.74, 6) is -0.365. The van der Waals surface area contributed by atoms with E-state index >= 15 is 0 Å². The van der Waals surface area contributed by atoms with Crippen LogP contribution in [0.25, 0.3) is 0 Å². The van der Waals surface area contributed by atoms with Gasteiger partial charge in [-0.3, -0.25) is 4.79 Å². The fraction of sp³-hybridized carbons (Fsp3) is 0.400. The van der Waals surface area contributed by atoms with Gasteiger partial charge in [0.2, 0.25) is 5.91 Å². The van der Waals surface area contributed by atoms with Crippen LogP contribution in [0.5, 0.6) is 0 Å². The Morgan fingerprint density at radius 1 is 1.70 bits per heavy atom. The Kier molecular flexibility index (Phi) is 1.96. The van der Waals surface area contributed by atoms with E-state index in [9.17, 15) is 4.79 Å². The molecule has 1 rings (SSSR count). The van der Waals surface area contributed by atoms with E-state index in [4.69, 9.17) is 5.73 Å². The first kappa shape index (κ1) is 7.14. The average Bonchev–Trinajstić information content (AvgIpc) is 2.13. The average molecular weight is 157 g/mol. The van der Waals surface area contributed by atoms with Crippen molar-refractivity contribution < 1.29 is 4.79 Å². The predicted molar refractivity (Wildman–Crippen MR) is 37.5 cm³/mol. The zero-order chi connectivity index (χ0) is 7.56. The van der Waals surface area contributed by atoms with Crippen LogP contribution in [0.15, 0.2) is 0 Å². The number of hydrogen-bond donors (Lipinski definition) is 1. The van der Waals surface area contributed by atoms with Crippen molar-refractivity contribution in [3.8, 4) is 0 Å². The number of primary amides is 1. The van der Waals surface area contributed by atoms with E-state index in [1.165, 1.54) is 11.3 Å². The minimum atomic E-state index is -0.365. The van der Waals surface area contributed by atoms with Crippen LogP contribution in [0.3, 0.4) is 0 Å². The van der Waals surface area contributed by atoms with E-state index in [0.717, 1.165) is 5.01 Å². The highest BCUT2D eigenvalue weighted by atomic mass is 32.1. The maximum absolute atomic E-state index is 10.3.